The predicted molar refractivity (Wildman–Crippen MR) is 180 cm³/mol. The second kappa shape index (κ2) is 18.7. The highest BCUT2D eigenvalue weighted by atomic mass is 16.6. The number of hydrogen-bond acceptors (Lipinski definition) is 5. The summed E-state index contributed by atoms with van der Waals surface area (Å²) in [5.41, 5.74) is 1.03. The summed E-state index contributed by atoms with van der Waals surface area (Å²) < 4.78 is 5.53. The Bertz CT molecular complexity index is 1260. The molecular formula is C37H53N3O5. The van der Waals surface area contributed by atoms with Gasteiger partial charge in [-0.15, -0.1) is 6.42 Å². The van der Waals surface area contributed by atoms with Crippen LogP contribution in [-0.2, 0) is 20.7 Å². The predicted octanol–water partition coefficient (Wildman–Crippen LogP) is 7.04. The maximum Gasteiger partial charge on any atom is 0.408 e. The number of carbonyl (C=O) groups is 3. The molecule has 2 aromatic carbocycles. The minimum Gasteiger partial charge on any atom is -0.508 e. The molecule has 3 unspecified atom stereocenters. The number of carbonyl (C=O) groups excluding carboxylic acids is 3. The van der Waals surface area contributed by atoms with Crippen LogP contribution in [-0.4, -0.2) is 52.1 Å². The van der Waals surface area contributed by atoms with Crippen LogP contribution in [0.4, 0.5) is 4.79 Å². The number of ether oxygens (including phenoxy) is 1. The van der Waals surface area contributed by atoms with E-state index in [-0.39, 0.29) is 24.1 Å². The Hall–Kier alpha value is -3.99. The highest BCUT2D eigenvalue weighted by molar-refractivity contribution is 5.92. The summed E-state index contributed by atoms with van der Waals surface area (Å²) in [6.07, 6.45) is 12.9. The highest BCUT2D eigenvalue weighted by Gasteiger charge is 2.37. The van der Waals surface area contributed by atoms with E-state index in [0.717, 1.165) is 50.5 Å². The van der Waals surface area contributed by atoms with E-state index in [1.165, 1.54) is 12.1 Å². The van der Waals surface area contributed by atoms with Gasteiger partial charge in [-0.25, -0.2) is 4.79 Å². The van der Waals surface area contributed by atoms with Gasteiger partial charge in [-0.1, -0.05) is 88.6 Å². The lowest BCUT2D eigenvalue weighted by atomic mass is 9.95. The molecule has 0 saturated heterocycles. The van der Waals surface area contributed by atoms with E-state index in [2.05, 4.69) is 30.4 Å². The van der Waals surface area contributed by atoms with Crippen molar-refractivity contribution in [1.29, 1.82) is 0 Å². The number of nitrogens with one attached hydrogen (secondary N) is 2. The topological polar surface area (TPSA) is 108 Å². The monoisotopic (exact) mass is 619 g/mol. The van der Waals surface area contributed by atoms with Crippen LogP contribution >= 0.6 is 0 Å². The van der Waals surface area contributed by atoms with E-state index < -0.39 is 29.7 Å². The normalized spacial score (nSPS) is 13.2. The molecule has 3 atom stereocenters. The number of phenols is 1. The standard InChI is InChI=1S/C37H53N3O5/c1-8-11-12-13-14-17-25-40(33(34(42)38-27(4)18-9-2)31-20-16-15-19-29(31)10-3)35(43)32(39-36(44)45-37(5,6)7)26-28-21-23-30(41)24-22-28/h3,15-16,19-24,27,32-33,41H,8-9,11-14,17-18,25-26H2,1-2,4-7H3,(H,38,42)(H,39,44). The zero-order chi connectivity index (χ0) is 33.4. The molecule has 0 radical (unpaired) electrons. The smallest absolute Gasteiger partial charge is 0.408 e. The van der Waals surface area contributed by atoms with Crippen LogP contribution in [0.5, 0.6) is 5.75 Å². The molecule has 8 nitrogen and oxygen atoms in total. The molecule has 0 saturated carbocycles. The zero-order valence-electron chi connectivity index (χ0n) is 28.0. The van der Waals surface area contributed by atoms with E-state index in [0.29, 0.717) is 24.1 Å². The lowest BCUT2D eigenvalue weighted by Crippen LogP contribution is -2.54. The van der Waals surface area contributed by atoms with E-state index in [1.807, 2.05) is 19.1 Å². The molecule has 0 bridgehead atoms. The molecule has 2 aromatic rings. The minimum absolute atomic E-state index is 0.0928. The van der Waals surface area contributed by atoms with E-state index in [4.69, 9.17) is 11.2 Å². The summed E-state index contributed by atoms with van der Waals surface area (Å²) in [4.78, 5) is 43.4. The second-order valence-corrected chi connectivity index (χ2v) is 12.7. The number of amides is 3. The molecule has 246 valence electrons. The minimum atomic E-state index is -1.05. The number of rotatable bonds is 17. The largest absolute Gasteiger partial charge is 0.508 e. The maximum absolute atomic E-state index is 14.7. The van der Waals surface area contributed by atoms with Gasteiger partial charge in [-0.05, 0) is 69.9 Å². The molecule has 0 aromatic heterocycles. The molecule has 8 heteroatoms. The first kappa shape index (κ1) is 37.2. The summed E-state index contributed by atoms with van der Waals surface area (Å²) in [6.45, 7) is 11.7. The molecule has 0 fully saturated rings. The summed E-state index contributed by atoms with van der Waals surface area (Å²) in [6, 6.07) is 11.5. The quantitative estimate of drug-likeness (QED) is 0.130. The first-order chi connectivity index (χ1) is 21.4. The number of unbranched alkanes of at least 4 members (excludes halogenated alkanes) is 5. The lowest BCUT2D eigenvalue weighted by Gasteiger charge is -2.35. The van der Waals surface area contributed by atoms with Crippen molar-refractivity contribution in [3.63, 3.8) is 0 Å². The Balaban J connectivity index is 2.61. The highest BCUT2D eigenvalue weighted by Crippen LogP contribution is 2.27. The van der Waals surface area contributed by atoms with Crippen molar-refractivity contribution in [3.8, 4) is 18.1 Å². The van der Waals surface area contributed by atoms with E-state index in [1.54, 1.807) is 49.9 Å². The number of alkyl carbamates (subject to hydrolysis) is 1. The average molecular weight is 620 g/mol. The summed E-state index contributed by atoms with van der Waals surface area (Å²) in [5.74, 6) is 2.05. The fourth-order valence-electron chi connectivity index (χ4n) is 5.29. The zero-order valence-corrected chi connectivity index (χ0v) is 28.0. The van der Waals surface area contributed by atoms with Crippen LogP contribution in [0.2, 0.25) is 0 Å². The molecule has 0 spiro atoms. The van der Waals surface area contributed by atoms with Gasteiger partial charge in [0.2, 0.25) is 11.8 Å². The van der Waals surface area contributed by atoms with Gasteiger partial charge < -0.3 is 25.4 Å². The number of phenolic OH excluding ortho intramolecular Hbond substituents is 1. The third-order valence-corrected chi connectivity index (χ3v) is 7.48. The van der Waals surface area contributed by atoms with Gasteiger partial charge in [0.25, 0.3) is 0 Å². The van der Waals surface area contributed by atoms with Crippen molar-refractivity contribution >= 4 is 17.9 Å². The van der Waals surface area contributed by atoms with Crippen molar-refractivity contribution < 1.29 is 24.2 Å². The Morgan fingerprint density at radius 3 is 2.20 bits per heavy atom. The average Bonchev–Trinajstić information content (AvgIpc) is 2.98. The second-order valence-electron chi connectivity index (χ2n) is 12.7. The molecular weight excluding hydrogens is 566 g/mol. The third kappa shape index (κ3) is 12.9. The number of hydrogen-bond donors (Lipinski definition) is 3. The van der Waals surface area contributed by atoms with Crippen molar-refractivity contribution in [2.45, 2.75) is 123 Å². The molecule has 0 aliphatic heterocycles. The molecule has 45 heavy (non-hydrogen) atoms. The summed E-state index contributed by atoms with van der Waals surface area (Å²) >= 11 is 0. The third-order valence-electron chi connectivity index (χ3n) is 7.48. The first-order valence-electron chi connectivity index (χ1n) is 16.3. The lowest BCUT2D eigenvalue weighted by molar-refractivity contribution is -0.142. The van der Waals surface area contributed by atoms with Gasteiger partial charge in [0.05, 0.1) is 0 Å². The van der Waals surface area contributed by atoms with Crippen LogP contribution in [0.15, 0.2) is 48.5 Å². The Labute approximate surface area is 270 Å². The Morgan fingerprint density at radius 2 is 1.58 bits per heavy atom. The molecule has 2 rings (SSSR count). The van der Waals surface area contributed by atoms with E-state index >= 15 is 0 Å². The number of terminal acetylenes is 1. The van der Waals surface area contributed by atoms with Crippen molar-refractivity contribution in [1.82, 2.24) is 15.5 Å². The van der Waals surface area contributed by atoms with Crippen LogP contribution < -0.4 is 10.6 Å². The molecule has 3 amide bonds. The number of aromatic hydroxyl groups is 1. The Morgan fingerprint density at radius 1 is 0.933 bits per heavy atom. The molecule has 3 N–H and O–H groups in total. The van der Waals surface area contributed by atoms with E-state index in [9.17, 15) is 19.5 Å². The van der Waals surface area contributed by atoms with Crippen molar-refractivity contribution in [2.75, 3.05) is 6.54 Å². The fourth-order valence-corrected chi connectivity index (χ4v) is 5.29. The summed E-state index contributed by atoms with van der Waals surface area (Å²) in [7, 11) is 0. The van der Waals surface area contributed by atoms with Gasteiger partial charge in [0, 0.05) is 24.6 Å². The summed E-state index contributed by atoms with van der Waals surface area (Å²) in [5, 5.41) is 15.7. The molecule has 0 aliphatic carbocycles. The SMILES string of the molecule is C#Cc1ccccc1C(C(=O)NC(C)CCC)N(CCCCCCCC)C(=O)C(Cc1ccc(O)cc1)NC(=O)OC(C)(C)C. The van der Waals surface area contributed by atoms with Crippen molar-refractivity contribution in [3.05, 3.63) is 65.2 Å². The van der Waals surface area contributed by atoms with Gasteiger partial charge in [-0.3, -0.25) is 9.59 Å². The van der Waals surface area contributed by atoms with Crippen molar-refractivity contribution in [2.24, 2.45) is 0 Å². The van der Waals surface area contributed by atoms with Gasteiger partial charge >= 0.3 is 6.09 Å². The number of benzene rings is 2. The first-order valence-corrected chi connectivity index (χ1v) is 16.3. The molecule has 0 heterocycles. The van der Waals surface area contributed by atoms with Crippen LogP contribution in [0.1, 0.15) is 116 Å². The Kier molecular flexibility index (Phi) is 15.5. The van der Waals surface area contributed by atoms with Crippen LogP contribution in [0.3, 0.4) is 0 Å². The van der Waals surface area contributed by atoms with Gasteiger partial charge in [0.1, 0.15) is 23.4 Å². The maximum atomic E-state index is 14.7. The van der Waals surface area contributed by atoms with Crippen LogP contribution in [0, 0.1) is 12.3 Å². The van der Waals surface area contributed by atoms with Gasteiger partial charge in [0.15, 0.2) is 0 Å². The fraction of sp³-hybridized carbons (Fsp3) is 0.541. The molecule has 0 aliphatic rings. The van der Waals surface area contributed by atoms with Gasteiger partial charge in [-0.2, -0.15) is 0 Å². The number of nitrogens with zero attached hydrogens (tertiary/aromatic N) is 1. The van der Waals surface area contributed by atoms with Crippen LogP contribution in [0.25, 0.3) is 0 Å².